The Morgan fingerprint density at radius 2 is 1.62 bits per heavy atom. The van der Waals surface area contributed by atoms with Gasteiger partial charge in [0, 0.05) is 12.2 Å². The lowest BCUT2D eigenvalue weighted by Gasteiger charge is -2.20. The molecule has 5 heteroatoms. The first-order chi connectivity index (χ1) is 11.6. The van der Waals surface area contributed by atoms with E-state index in [1.165, 1.54) is 10.8 Å². The SMILES string of the molecule is O=S1(=O)c2ccccc2C2CN(c3ccc4ccccc4c3)CN21. The van der Waals surface area contributed by atoms with Crippen LogP contribution in [0.15, 0.2) is 71.6 Å². The Kier molecular flexibility index (Phi) is 2.81. The van der Waals surface area contributed by atoms with E-state index in [9.17, 15) is 8.42 Å². The molecule has 3 aromatic carbocycles. The molecule has 1 unspecified atom stereocenters. The highest BCUT2D eigenvalue weighted by atomic mass is 32.2. The highest BCUT2D eigenvalue weighted by Gasteiger charge is 2.47. The molecule has 1 atom stereocenters. The van der Waals surface area contributed by atoms with Crippen molar-refractivity contribution in [3.05, 3.63) is 72.3 Å². The zero-order valence-electron chi connectivity index (χ0n) is 13.0. The van der Waals surface area contributed by atoms with Crippen LogP contribution in [-0.2, 0) is 10.0 Å². The van der Waals surface area contributed by atoms with Gasteiger partial charge >= 0.3 is 0 Å². The second-order valence-electron chi connectivity index (χ2n) is 6.34. The van der Waals surface area contributed by atoms with Crippen LogP contribution in [-0.4, -0.2) is 25.9 Å². The summed E-state index contributed by atoms with van der Waals surface area (Å²) >= 11 is 0. The third-order valence-electron chi connectivity index (χ3n) is 5.01. The Hall–Kier alpha value is -2.37. The van der Waals surface area contributed by atoms with Crippen LogP contribution in [0, 0.1) is 0 Å². The first-order valence-corrected chi connectivity index (χ1v) is 9.43. The predicted octanol–water partition coefficient (Wildman–Crippen LogP) is 3.36. The maximum absolute atomic E-state index is 12.8. The van der Waals surface area contributed by atoms with Crippen molar-refractivity contribution < 1.29 is 8.42 Å². The summed E-state index contributed by atoms with van der Waals surface area (Å²) in [6.07, 6.45) is 0. The Morgan fingerprint density at radius 1 is 0.875 bits per heavy atom. The van der Waals surface area contributed by atoms with Crippen LogP contribution in [0.3, 0.4) is 0 Å². The molecule has 4 nitrogen and oxygen atoms in total. The molecule has 3 aromatic rings. The Labute approximate surface area is 141 Å². The standard InChI is InChI=1S/C19H16N2O2S/c22-24(23)19-8-4-3-7-17(19)18-12-20(13-21(18)24)16-10-9-14-5-1-2-6-15(14)11-16/h1-11,18H,12-13H2. The van der Waals surface area contributed by atoms with Gasteiger partial charge < -0.3 is 4.90 Å². The third-order valence-corrected chi connectivity index (χ3v) is 6.93. The molecular weight excluding hydrogens is 320 g/mol. The molecule has 2 aliphatic rings. The van der Waals surface area contributed by atoms with Crippen molar-refractivity contribution in [2.24, 2.45) is 0 Å². The molecule has 5 rings (SSSR count). The van der Waals surface area contributed by atoms with Crippen LogP contribution in [0.4, 0.5) is 5.69 Å². The van der Waals surface area contributed by atoms with Gasteiger partial charge in [0.1, 0.15) is 0 Å². The molecule has 24 heavy (non-hydrogen) atoms. The van der Waals surface area contributed by atoms with Gasteiger partial charge in [0.2, 0.25) is 10.0 Å². The lowest BCUT2D eigenvalue weighted by Crippen LogP contribution is -2.28. The van der Waals surface area contributed by atoms with Crippen LogP contribution in [0.25, 0.3) is 10.8 Å². The molecular formula is C19H16N2O2S. The highest BCUT2D eigenvalue weighted by Crippen LogP contribution is 2.44. The normalized spacial score (nSPS) is 21.8. The summed E-state index contributed by atoms with van der Waals surface area (Å²) < 4.78 is 27.1. The highest BCUT2D eigenvalue weighted by molar-refractivity contribution is 7.89. The Morgan fingerprint density at radius 3 is 2.50 bits per heavy atom. The zero-order valence-corrected chi connectivity index (χ0v) is 13.8. The number of benzene rings is 3. The average molecular weight is 336 g/mol. The van der Waals surface area contributed by atoms with Crippen molar-refractivity contribution in [2.45, 2.75) is 10.9 Å². The van der Waals surface area contributed by atoms with Crippen LogP contribution in [0.2, 0.25) is 0 Å². The Balaban J connectivity index is 1.56. The smallest absolute Gasteiger partial charge is 0.245 e. The largest absolute Gasteiger partial charge is 0.355 e. The first-order valence-electron chi connectivity index (χ1n) is 7.99. The molecule has 2 heterocycles. The third kappa shape index (κ3) is 1.85. The maximum Gasteiger partial charge on any atom is 0.245 e. The zero-order chi connectivity index (χ0) is 16.3. The minimum atomic E-state index is -3.37. The summed E-state index contributed by atoms with van der Waals surface area (Å²) in [5, 5.41) is 2.37. The second kappa shape index (κ2) is 4.82. The fraction of sp³-hybridized carbons (Fsp3) is 0.158. The van der Waals surface area contributed by atoms with E-state index in [0.717, 1.165) is 11.3 Å². The van der Waals surface area contributed by atoms with E-state index in [4.69, 9.17) is 0 Å². The summed E-state index contributed by atoms with van der Waals surface area (Å²) in [5.74, 6) is 0. The fourth-order valence-corrected chi connectivity index (χ4v) is 5.61. The van der Waals surface area contributed by atoms with Gasteiger partial charge in [-0.15, -0.1) is 0 Å². The molecule has 0 spiro atoms. The van der Waals surface area contributed by atoms with E-state index in [1.54, 1.807) is 16.4 Å². The van der Waals surface area contributed by atoms with Crippen molar-refractivity contribution in [2.75, 3.05) is 18.1 Å². The molecule has 0 saturated carbocycles. The summed E-state index contributed by atoms with van der Waals surface area (Å²) in [6.45, 7) is 1.09. The number of hydrogen-bond donors (Lipinski definition) is 0. The van der Waals surface area contributed by atoms with E-state index in [0.29, 0.717) is 18.1 Å². The van der Waals surface area contributed by atoms with E-state index in [2.05, 4.69) is 35.2 Å². The fourth-order valence-electron chi connectivity index (χ4n) is 3.80. The molecule has 0 N–H and O–H groups in total. The van der Waals surface area contributed by atoms with E-state index >= 15 is 0 Å². The molecule has 0 aliphatic carbocycles. The molecule has 1 saturated heterocycles. The van der Waals surface area contributed by atoms with Crippen molar-refractivity contribution >= 4 is 26.5 Å². The molecule has 0 amide bonds. The maximum atomic E-state index is 12.8. The summed E-state index contributed by atoms with van der Waals surface area (Å²) in [5.41, 5.74) is 1.98. The average Bonchev–Trinajstić information content (AvgIpc) is 3.14. The van der Waals surface area contributed by atoms with Gasteiger partial charge in [0.25, 0.3) is 0 Å². The van der Waals surface area contributed by atoms with Crippen LogP contribution in [0.1, 0.15) is 11.6 Å². The topological polar surface area (TPSA) is 40.6 Å². The number of fused-ring (bicyclic) bond motifs is 4. The number of sulfonamides is 1. The van der Waals surface area contributed by atoms with Crippen LogP contribution < -0.4 is 4.90 Å². The van der Waals surface area contributed by atoms with Gasteiger partial charge in [0.05, 0.1) is 17.6 Å². The summed E-state index contributed by atoms with van der Waals surface area (Å²) in [7, 11) is -3.37. The van der Waals surface area contributed by atoms with Gasteiger partial charge in [0.15, 0.2) is 0 Å². The number of hydrogen-bond acceptors (Lipinski definition) is 3. The lowest BCUT2D eigenvalue weighted by molar-refractivity contribution is 0.426. The van der Waals surface area contributed by atoms with Gasteiger partial charge in [-0.1, -0.05) is 48.5 Å². The van der Waals surface area contributed by atoms with Gasteiger partial charge in [-0.05, 0) is 34.5 Å². The lowest BCUT2D eigenvalue weighted by atomic mass is 10.1. The molecule has 0 aromatic heterocycles. The minimum absolute atomic E-state index is 0.0855. The minimum Gasteiger partial charge on any atom is -0.355 e. The van der Waals surface area contributed by atoms with Crippen LogP contribution >= 0.6 is 0 Å². The van der Waals surface area contributed by atoms with Crippen molar-refractivity contribution in [3.8, 4) is 0 Å². The predicted molar refractivity (Wildman–Crippen MR) is 94.4 cm³/mol. The van der Waals surface area contributed by atoms with Gasteiger partial charge in [-0.3, -0.25) is 0 Å². The monoisotopic (exact) mass is 336 g/mol. The number of rotatable bonds is 1. The molecule has 0 radical (unpaired) electrons. The Bertz CT molecular complexity index is 1060. The van der Waals surface area contributed by atoms with Gasteiger partial charge in [-0.2, -0.15) is 4.31 Å². The van der Waals surface area contributed by atoms with E-state index < -0.39 is 10.0 Å². The molecule has 0 bridgehead atoms. The van der Waals surface area contributed by atoms with Crippen molar-refractivity contribution in [1.29, 1.82) is 0 Å². The summed E-state index contributed by atoms with van der Waals surface area (Å²) in [4.78, 5) is 2.61. The number of anilines is 1. The first kappa shape index (κ1) is 14.0. The van der Waals surface area contributed by atoms with Crippen molar-refractivity contribution in [1.82, 2.24) is 4.31 Å². The quantitative estimate of drug-likeness (QED) is 0.684. The van der Waals surface area contributed by atoms with Gasteiger partial charge in [-0.25, -0.2) is 8.42 Å². The molecule has 120 valence electrons. The number of nitrogens with zero attached hydrogens (tertiary/aromatic N) is 2. The second-order valence-corrected chi connectivity index (χ2v) is 8.20. The van der Waals surface area contributed by atoms with Crippen LogP contribution in [0.5, 0.6) is 0 Å². The van der Waals surface area contributed by atoms with E-state index in [1.807, 2.05) is 24.3 Å². The summed E-state index contributed by atoms with van der Waals surface area (Å²) in [6, 6.07) is 21.8. The molecule has 2 aliphatic heterocycles. The molecule has 1 fully saturated rings. The van der Waals surface area contributed by atoms with Crippen molar-refractivity contribution in [3.63, 3.8) is 0 Å². The van der Waals surface area contributed by atoms with E-state index in [-0.39, 0.29) is 6.04 Å².